The first-order chi connectivity index (χ1) is 9.54. The topological polar surface area (TPSA) is 55.6 Å². The number of carbonyl (C=O) groups is 1. The van der Waals surface area contributed by atoms with Crippen molar-refractivity contribution in [2.45, 2.75) is 57.9 Å². The average Bonchev–Trinajstić information content (AvgIpc) is 2.44. The molecule has 2 N–H and O–H groups in total. The first-order valence-electron chi connectivity index (χ1n) is 8.20. The number of nitrogens with zero attached hydrogens (tertiary/aromatic N) is 1. The second kappa shape index (κ2) is 8.35. The highest BCUT2D eigenvalue weighted by Crippen LogP contribution is 2.33. The van der Waals surface area contributed by atoms with Crippen LogP contribution in [0, 0.1) is 11.8 Å². The quantitative estimate of drug-likeness (QED) is 0.867. The van der Waals surface area contributed by atoms with Crippen molar-refractivity contribution in [3.8, 4) is 0 Å². The summed E-state index contributed by atoms with van der Waals surface area (Å²) in [7, 11) is 0. The molecule has 0 bridgehead atoms. The fourth-order valence-corrected chi connectivity index (χ4v) is 3.67. The minimum absolute atomic E-state index is 0. The molecule has 1 saturated heterocycles. The number of likely N-dealkylation sites (tertiary alicyclic amines) is 1. The van der Waals surface area contributed by atoms with Gasteiger partial charge in [0.1, 0.15) is 0 Å². The number of amides is 1. The van der Waals surface area contributed by atoms with E-state index in [9.17, 15) is 4.79 Å². The van der Waals surface area contributed by atoms with Crippen LogP contribution in [0.3, 0.4) is 0 Å². The van der Waals surface area contributed by atoms with Crippen molar-refractivity contribution in [3.05, 3.63) is 0 Å². The van der Waals surface area contributed by atoms with Crippen molar-refractivity contribution in [1.29, 1.82) is 0 Å². The highest BCUT2D eigenvalue weighted by molar-refractivity contribution is 5.85. The molecule has 0 aromatic rings. The van der Waals surface area contributed by atoms with E-state index in [-0.39, 0.29) is 29.8 Å². The molecule has 0 aromatic carbocycles. The van der Waals surface area contributed by atoms with E-state index in [0.717, 1.165) is 58.4 Å². The van der Waals surface area contributed by atoms with Gasteiger partial charge in [-0.15, -0.1) is 12.4 Å². The van der Waals surface area contributed by atoms with Crippen LogP contribution in [0.5, 0.6) is 0 Å². The number of hydrogen-bond donors (Lipinski definition) is 1. The maximum atomic E-state index is 12.8. The minimum atomic E-state index is -0.317. The highest BCUT2D eigenvalue weighted by atomic mass is 35.5. The maximum absolute atomic E-state index is 12.8. The Morgan fingerprint density at radius 1 is 1.33 bits per heavy atom. The van der Waals surface area contributed by atoms with Gasteiger partial charge < -0.3 is 15.4 Å². The van der Waals surface area contributed by atoms with Crippen LogP contribution in [-0.4, -0.2) is 42.6 Å². The Balaban J connectivity index is 0.00000220. The van der Waals surface area contributed by atoms with Crippen molar-refractivity contribution in [2.24, 2.45) is 17.6 Å². The lowest BCUT2D eigenvalue weighted by Gasteiger charge is -2.42. The molecule has 1 aliphatic heterocycles. The third kappa shape index (κ3) is 4.83. The molecule has 2 rings (SSSR count). The number of rotatable bonds is 4. The Hall–Kier alpha value is -0.320. The zero-order chi connectivity index (χ0) is 14.6. The molecule has 124 valence electrons. The maximum Gasteiger partial charge on any atom is 0.227 e. The Morgan fingerprint density at radius 3 is 2.76 bits per heavy atom. The number of ether oxygens (including phenoxy) is 1. The molecule has 1 saturated carbocycles. The molecule has 3 atom stereocenters. The third-order valence-electron chi connectivity index (χ3n) is 4.94. The van der Waals surface area contributed by atoms with E-state index in [4.69, 9.17) is 10.5 Å². The Bertz CT molecular complexity index is 336. The monoisotopic (exact) mass is 318 g/mol. The standard InChI is InChI=1S/C16H30N2O2.ClH/c1-3-20-12-13-7-6-10-18(11-13)15(19)14-8-4-5-9-16(14,2)17;/h13-14H,3-12,17H2,1-2H3;1H. The van der Waals surface area contributed by atoms with E-state index >= 15 is 0 Å². The number of halogens is 1. The first kappa shape index (κ1) is 18.7. The fourth-order valence-electron chi connectivity index (χ4n) is 3.67. The summed E-state index contributed by atoms with van der Waals surface area (Å²) in [5.41, 5.74) is 6.06. The van der Waals surface area contributed by atoms with Crippen LogP contribution in [0.15, 0.2) is 0 Å². The van der Waals surface area contributed by atoms with Crippen LogP contribution < -0.4 is 5.73 Å². The lowest BCUT2D eigenvalue weighted by molar-refractivity contribution is -0.141. The van der Waals surface area contributed by atoms with Gasteiger partial charge >= 0.3 is 0 Å². The molecule has 3 unspecified atom stereocenters. The molecule has 2 fully saturated rings. The predicted molar refractivity (Wildman–Crippen MR) is 87.6 cm³/mol. The van der Waals surface area contributed by atoms with Gasteiger partial charge in [-0.05, 0) is 45.4 Å². The Morgan fingerprint density at radius 2 is 2.10 bits per heavy atom. The van der Waals surface area contributed by atoms with Crippen molar-refractivity contribution >= 4 is 18.3 Å². The van der Waals surface area contributed by atoms with Gasteiger partial charge in [-0.1, -0.05) is 12.8 Å². The second-order valence-electron chi connectivity index (χ2n) is 6.76. The van der Waals surface area contributed by atoms with Crippen LogP contribution in [0.2, 0.25) is 0 Å². The van der Waals surface area contributed by atoms with Gasteiger partial charge in [0.25, 0.3) is 0 Å². The number of nitrogens with two attached hydrogens (primary N) is 1. The molecule has 1 aliphatic carbocycles. The highest BCUT2D eigenvalue weighted by Gasteiger charge is 2.40. The SMILES string of the molecule is CCOCC1CCCN(C(=O)C2CCCCC2(C)N)C1.Cl. The molecule has 1 amide bonds. The summed E-state index contributed by atoms with van der Waals surface area (Å²) in [6.45, 7) is 7.36. The second-order valence-corrected chi connectivity index (χ2v) is 6.76. The molecule has 21 heavy (non-hydrogen) atoms. The molecular weight excluding hydrogens is 288 g/mol. The molecule has 1 heterocycles. The van der Waals surface area contributed by atoms with E-state index in [1.165, 1.54) is 6.42 Å². The average molecular weight is 319 g/mol. The van der Waals surface area contributed by atoms with Crippen molar-refractivity contribution in [2.75, 3.05) is 26.3 Å². The van der Waals surface area contributed by atoms with Crippen molar-refractivity contribution in [1.82, 2.24) is 4.90 Å². The zero-order valence-corrected chi connectivity index (χ0v) is 14.3. The van der Waals surface area contributed by atoms with E-state index in [0.29, 0.717) is 5.92 Å². The van der Waals surface area contributed by atoms with Gasteiger partial charge in [-0.25, -0.2) is 0 Å². The normalized spacial score (nSPS) is 33.4. The van der Waals surface area contributed by atoms with Gasteiger partial charge in [0.15, 0.2) is 0 Å². The van der Waals surface area contributed by atoms with E-state index < -0.39 is 0 Å². The van der Waals surface area contributed by atoms with Crippen LogP contribution >= 0.6 is 12.4 Å². The van der Waals surface area contributed by atoms with Crippen molar-refractivity contribution in [3.63, 3.8) is 0 Å². The first-order valence-corrected chi connectivity index (χ1v) is 8.20. The summed E-state index contributed by atoms with van der Waals surface area (Å²) in [6, 6.07) is 0. The van der Waals surface area contributed by atoms with E-state index in [1.54, 1.807) is 0 Å². The summed E-state index contributed by atoms with van der Waals surface area (Å²) < 4.78 is 5.52. The van der Waals surface area contributed by atoms with Gasteiger partial charge in [0, 0.05) is 25.2 Å². The summed E-state index contributed by atoms with van der Waals surface area (Å²) in [5, 5.41) is 0. The molecule has 5 heteroatoms. The lowest BCUT2D eigenvalue weighted by Crippen LogP contribution is -2.55. The number of carbonyl (C=O) groups excluding carboxylic acids is 1. The van der Waals surface area contributed by atoms with Crippen LogP contribution in [0.4, 0.5) is 0 Å². The Labute approximate surface area is 135 Å². The van der Waals surface area contributed by atoms with E-state index in [1.807, 2.05) is 11.8 Å². The van der Waals surface area contributed by atoms with Crippen LogP contribution in [-0.2, 0) is 9.53 Å². The van der Waals surface area contributed by atoms with Gasteiger partial charge in [0.2, 0.25) is 5.91 Å². The molecule has 4 nitrogen and oxygen atoms in total. The van der Waals surface area contributed by atoms with Crippen molar-refractivity contribution < 1.29 is 9.53 Å². The summed E-state index contributed by atoms with van der Waals surface area (Å²) in [4.78, 5) is 14.8. The summed E-state index contributed by atoms with van der Waals surface area (Å²) in [6.07, 6.45) is 6.49. The van der Waals surface area contributed by atoms with E-state index in [2.05, 4.69) is 6.92 Å². The molecular formula is C16H31ClN2O2. The zero-order valence-electron chi connectivity index (χ0n) is 13.5. The Kier molecular flexibility index (Phi) is 7.45. The van der Waals surface area contributed by atoms with Crippen LogP contribution in [0.1, 0.15) is 52.4 Å². The molecule has 0 radical (unpaired) electrons. The smallest absolute Gasteiger partial charge is 0.227 e. The third-order valence-corrected chi connectivity index (χ3v) is 4.94. The fraction of sp³-hybridized carbons (Fsp3) is 0.938. The number of hydrogen-bond acceptors (Lipinski definition) is 3. The molecule has 0 aromatic heterocycles. The molecule has 0 spiro atoms. The number of piperidine rings is 1. The van der Waals surface area contributed by atoms with Gasteiger partial charge in [-0.2, -0.15) is 0 Å². The van der Waals surface area contributed by atoms with Gasteiger partial charge in [0.05, 0.1) is 12.5 Å². The summed E-state index contributed by atoms with van der Waals surface area (Å²) >= 11 is 0. The predicted octanol–water partition coefficient (Wildman–Crippen LogP) is 2.59. The lowest BCUT2D eigenvalue weighted by atomic mass is 9.73. The molecule has 2 aliphatic rings. The largest absolute Gasteiger partial charge is 0.381 e. The minimum Gasteiger partial charge on any atom is -0.381 e. The summed E-state index contributed by atoms with van der Waals surface area (Å²) in [5.74, 6) is 0.804. The van der Waals surface area contributed by atoms with Gasteiger partial charge in [-0.3, -0.25) is 4.79 Å². The van der Waals surface area contributed by atoms with Crippen LogP contribution in [0.25, 0.3) is 0 Å².